The number of ether oxygens (including phenoxy) is 1. The van der Waals surface area contributed by atoms with Crippen molar-refractivity contribution in [1.29, 1.82) is 0 Å². The molecule has 6 heteroatoms. The lowest BCUT2D eigenvalue weighted by Crippen LogP contribution is -2.33. The molecular weight excluding hydrogens is 410 g/mol. The molecule has 5 nitrogen and oxygen atoms in total. The number of amides is 1. The van der Waals surface area contributed by atoms with Crippen LogP contribution in [0.25, 0.3) is 11.1 Å². The number of guanidine groups is 1. The molecule has 0 bridgehead atoms. The number of fused-ring (bicyclic) bond motifs is 1. The van der Waals surface area contributed by atoms with Crippen LogP contribution in [-0.4, -0.2) is 30.9 Å². The van der Waals surface area contributed by atoms with Gasteiger partial charge in [-0.15, -0.1) is 0 Å². The average molecular weight is 436 g/mol. The maximum Gasteiger partial charge on any atom is 0.216 e. The quantitative estimate of drug-likeness (QED) is 0.348. The van der Waals surface area contributed by atoms with E-state index in [1.54, 1.807) is 7.05 Å². The molecule has 0 spiro atoms. The van der Waals surface area contributed by atoms with Gasteiger partial charge in [-0.1, -0.05) is 65.7 Å². The molecule has 3 aromatic carbocycles. The minimum absolute atomic E-state index is 0.143. The summed E-state index contributed by atoms with van der Waals surface area (Å²) in [5, 5.41) is 0.688. The van der Waals surface area contributed by atoms with Gasteiger partial charge in [-0.25, -0.2) is 4.99 Å². The van der Waals surface area contributed by atoms with E-state index in [9.17, 15) is 4.79 Å². The third-order valence-corrected chi connectivity index (χ3v) is 5.16. The maximum atomic E-state index is 10.8. The molecule has 2 N–H and O–H groups in total. The van der Waals surface area contributed by atoms with E-state index in [-0.39, 0.29) is 12.0 Å². The summed E-state index contributed by atoms with van der Waals surface area (Å²) in [6, 6.07) is 23.8. The van der Waals surface area contributed by atoms with Gasteiger partial charge in [-0.05, 0) is 42.3 Å². The van der Waals surface area contributed by atoms with Gasteiger partial charge in [-0.2, -0.15) is 0 Å². The Bertz CT molecular complexity index is 1050. The molecule has 1 unspecified atom stereocenters. The first-order valence-electron chi connectivity index (χ1n) is 10.0. The van der Waals surface area contributed by atoms with Gasteiger partial charge in [0, 0.05) is 24.1 Å². The van der Waals surface area contributed by atoms with Crippen molar-refractivity contribution in [3.8, 4) is 16.9 Å². The lowest BCUT2D eigenvalue weighted by Gasteiger charge is -2.25. The summed E-state index contributed by atoms with van der Waals surface area (Å²) >= 11 is 6.08. The average Bonchev–Trinajstić information content (AvgIpc) is 2.79. The van der Waals surface area contributed by atoms with Crippen molar-refractivity contribution in [3.63, 3.8) is 0 Å². The van der Waals surface area contributed by atoms with E-state index >= 15 is 0 Å². The molecule has 0 radical (unpaired) electrons. The second kappa shape index (κ2) is 10.6. The standard InChI is InChI=1S/C18H18ClN3O2.C7H8/c1-22(11-23)18(20)21-16-7-8-24-17-6-5-13(10-15(16)17)12-3-2-4-14(19)9-12;1-7-5-3-2-4-6-7/h2-6,9-11,16H,7-8H2,1H3,(H2,20,21);2-6H,1H3. The molecule has 1 atom stereocenters. The zero-order valence-corrected chi connectivity index (χ0v) is 18.4. The van der Waals surface area contributed by atoms with Gasteiger partial charge in [0.15, 0.2) is 5.96 Å². The molecule has 31 heavy (non-hydrogen) atoms. The summed E-state index contributed by atoms with van der Waals surface area (Å²) < 4.78 is 5.72. The van der Waals surface area contributed by atoms with Crippen LogP contribution in [0.3, 0.4) is 0 Å². The fraction of sp³-hybridized carbons (Fsp3) is 0.200. The van der Waals surface area contributed by atoms with Crippen molar-refractivity contribution in [2.75, 3.05) is 13.7 Å². The Labute approximate surface area is 188 Å². The third kappa shape index (κ3) is 6.09. The molecule has 0 saturated carbocycles. The first-order chi connectivity index (χ1) is 15.0. The van der Waals surface area contributed by atoms with Crippen molar-refractivity contribution in [2.24, 2.45) is 10.7 Å². The Morgan fingerprint density at radius 3 is 2.48 bits per heavy atom. The topological polar surface area (TPSA) is 67.9 Å². The predicted molar refractivity (Wildman–Crippen MR) is 126 cm³/mol. The van der Waals surface area contributed by atoms with Crippen LogP contribution in [0.1, 0.15) is 23.6 Å². The molecular formula is C25H26ClN3O2. The van der Waals surface area contributed by atoms with Gasteiger partial charge in [0.1, 0.15) is 5.75 Å². The number of aryl methyl sites for hydroxylation is 1. The van der Waals surface area contributed by atoms with Crippen LogP contribution >= 0.6 is 11.6 Å². The first kappa shape index (κ1) is 22.4. The van der Waals surface area contributed by atoms with Crippen molar-refractivity contribution < 1.29 is 9.53 Å². The Morgan fingerprint density at radius 2 is 1.84 bits per heavy atom. The van der Waals surface area contributed by atoms with E-state index in [2.05, 4.69) is 24.0 Å². The zero-order valence-electron chi connectivity index (χ0n) is 17.7. The smallest absolute Gasteiger partial charge is 0.216 e. The van der Waals surface area contributed by atoms with Crippen LogP contribution in [0.4, 0.5) is 0 Å². The highest BCUT2D eigenvalue weighted by Crippen LogP contribution is 2.37. The number of nitrogens with zero attached hydrogens (tertiary/aromatic N) is 2. The summed E-state index contributed by atoms with van der Waals surface area (Å²) in [6.45, 7) is 2.65. The number of hydrogen-bond donors (Lipinski definition) is 1. The van der Waals surface area contributed by atoms with Gasteiger partial charge in [0.25, 0.3) is 0 Å². The van der Waals surface area contributed by atoms with E-state index in [0.29, 0.717) is 24.5 Å². The third-order valence-electron chi connectivity index (χ3n) is 4.92. The Kier molecular flexibility index (Phi) is 7.68. The molecule has 0 aliphatic carbocycles. The second-order valence-electron chi connectivity index (χ2n) is 7.27. The van der Waals surface area contributed by atoms with Crippen molar-refractivity contribution in [3.05, 3.63) is 88.9 Å². The van der Waals surface area contributed by atoms with Crippen LogP contribution in [-0.2, 0) is 4.79 Å². The molecule has 4 rings (SSSR count). The van der Waals surface area contributed by atoms with Gasteiger partial charge >= 0.3 is 0 Å². The normalized spacial score (nSPS) is 15.1. The van der Waals surface area contributed by atoms with Crippen LogP contribution < -0.4 is 10.5 Å². The first-order valence-corrected chi connectivity index (χ1v) is 10.4. The number of halogens is 1. The Morgan fingerprint density at radius 1 is 1.10 bits per heavy atom. The molecule has 0 fully saturated rings. The lowest BCUT2D eigenvalue weighted by atomic mass is 9.96. The van der Waals surface area contributed by atoms with Crippen molar-refractivity contribution in [2.45, 2.75) is 19.4 Å². The fourth-order valence-corrected chi connectivity index (χ4v) is 3.39. The summed E-state index contributed by atoms with van der Waals surface area (Å²) in [6.07, 6.45) is 1.35. The van der Waals surface area contributed by atoms with Crippen LogP contribution in [0, 0.1) is 6.92 Å². The summed E-state index contributed by atoms with van der Waals surface area (Å²) in [5.41, 5.74) is 10.2. The highest BCUT2D eigenvalue weighted by atomic mass is 35.5. The largest absolute Gasteiger partial charge is 0.493 e. The minimum atomic E-state index is -0.143. The summed E-state index contributed by atoms with van der Waals surface area (Å²) in [7, 11) is 1.58. The predicted octanol–water partition coefficient (Wildman–Crippen LogP) is 5.23. The molecule has 0 saturated heterocycles. The highest BCUT2D eigenvalue weighted by molar-refractivity contribution is 6.30. The number of benzene rings is 3. The number of carbonyl (C=O) groups is 1. The second-order valence-corrected chi connectivity index (χ2v) is 7.71. The summed E-state index contributed by atoms with van der Waals surface area (Å²) in [4.78, 5) is 16.6. The van der Waals surface area contributed by atoms with E-state index in [4.69, 9.17) is 22.1 Å². The molecule has 1 aliphatic heterocycles. The molecule has 160 valence electrons. The lowest BCUT2D eigenvalue weighted by molar-refractivity contribution is -0.114. The Balaban J connectivity index is 0.000000330. The zero-order chi connectivity index (χ0) is 22.2. The van der Waals surface area contributed by atoms with Gasteiger partial charge in [0.2, 0.25) is 6.41 Å². The number of hydrogen-bond acceptors (Lipinski definition) is 3. The fourth-order valence-electron chi connectivity index (χ4n) is 3.20. The number of carbonyl (C=O) groups excluding carboxylic acids is 1. The summed E-state index contributed by atoms with van der Waals surface area (Å²) in [5.74, 6) is 0.985. The van der Waals surface area contributed by atoms with E-state index in [1.165, 1.54) is 10.5 Å². The monoisotopic (exact) mass is 435 g/mol. The van der Waals surface area contributed by atoms with Crippen LogP contribution in [0.15, 0.2) is 77.8 Å². The molecule has 1 heterocycles. The Hall–Kier alpha value is -3.31. The maximum absolute atomic E-state index is 10.8. The number of nitrogens with two attached hydrogens (primary N) is 1. The van der Waals surface area contributed by atoms with Gasteiger partial charge in [-0.3, -0.25) is 9.69 Å². The van der Waals surface area contributed by atoms with Crippen LogP contribution in [0.5, 0.6) is 5.75 Å². The number of rotatable bonds is 3. The highest BCUT2D eigenvalue weighted by Gasteiger charge is 2.22. The van der Waals surface area contributed by atoms with Crippen molar-refractivity contribution in [1.82, 2.24) is 4.90 Å². The SMILES string of the molecule is CN(C=O)C(N)=NC1CCOc2ccc(-c3cccc(Cl)c3)cc21.Cc1ccccc1. The van der Waals surface area contributed by atoms with E-state index in [0.717, 1.165) is 22.4 Å². The minimum Gasteiger partial charge on any atom is -0.493 e. The van der Waals surface area contributed by atoms with E-state index < -0.39 is 0 Å². The van der Waals surface area contributed by atoms with Gasteiger partial charge in [0.05, 0.1) is 12.6 Å². The number of aliphatic imine (C=N–C) groups is 1. The molecule has 1 aliphatic rings. The van der Waals surface area contributed by atoms with Gasteiger partial charge < -0.3 is 10.5 Å². The molecule has 1 amide bonds. The van der Waals surface area contributed by atoms with E-state index in [1.807, 2.05) is 60.7 Å². The van der Waals surface area contributed by atoms with Crippen molar-refractivity contribution >= 4 is 24.0 Å². The molecule has 3 aromatic rings. The van der Waals surface area contributed by atoms with Crippen LogP contribution in [0.2, 0.25) is 5.02 Å². The molecule has 0 aromatic heterocycles.